The maximum absolute atomic E-state index is 12.6. The first-order valence-corrected chi connectivity index (χ1v) is 8.55. The summed E-state index contributed by atoms with van der Waals surface area (Å²) in [6, 6.07) is 16.0. The van der Waals surface area contributed by atoms with E-state index in [0.717, 1.165) is 10.0 Å². The molecule has 0 aliphatic rings. The van der Waals surface area contributed by atoms with E-state index >= 15 is 0 Å². The second-order valence-electron chi connectivity index (χ2n) is 5.45. The third-order valence-corrected chi connectivity index (χ3v) is 4.31. The van der Waals surface area contributed by atoms with Crippen molar-refractivity contribution in [3.8, 4) is 0 Å². The molecule has 0 aromatic heterocycles. The van der Waals surface area contributed by atoms with E-state index in [0.29, 0.717) is 12.0 Å². The molecule has 0 radical (unpaired) electrons. The van der Waals surface area contributed by atoms with Gasteiger partial charge in [0.15, 0.2) is 5.78 Å². The Morgan fingerprint density at radius 3 is 2.29 bits per heavy atom. The van der Waals surface area contributed by atoms with E-state index in [1.54, 1.807) is 19.2 Å². The minimum absolute atomic E-state index is 0.0934. The van der Waals surface area contributed by atoms with Crippen LogP contribution in [0.15, 0.2) is 59.1 Å². The largest absolute Gasteiger partial charge is 0.445 e. The maximum Gasteiger partial charge on any atom is 0.410 e. The number of Topliss-reactive ketones (excluding diaryl/α,β-unsaturated/α-hetero) is 1. The molecule has 1 amide bonds. The zero-order valence-electron chi connectivity index (χ0n) is 13.7. The van der Waals surface area contributed by atoms with Crippen LogP contribution in [0.2, 0.25) is 0 Å². The lowest BCUT2D eigenvalue weighted by Crippen LogP contribution is -2.42. The summed E-state index contributed by atoms with van der Waals surface area (Å²) in [4.78, 5) is 26.3. The third-order valence-electron chi connectivity index (χ3n) is 3.78. The van der Waals surface area contributed by atoms with Gasteiger partial charge in [0.25, 0.3) is 0 Å². The van der Waals surface area contributed by atoms with E-state index < -0.39 is 12.1 Å². The number of hydrogen-bond donors (Lipinski definition) is 0. The number of benzene rings is 2. The van der Waals surface area contributed by atoms with Crippen molar-refractivity contribution >= 4 is 27.8 Å². The van der Waals surface area contributed by atoms with Gasteiger partial charge < -0.3 is 9.64 Å². The topological polar surface area (TPSA) is 46.6 Å². The van der Waals surface area contributed by atoms with E-state index in [1.165, 1.54) is 4.90 Å². The van der Waals surface area contributed by atoms with Crippen LogP contribution in [-0.4, -0.2) is 29.9 Å². The Labute approximate surface area is 150 Å². The van der Waals surface area contributed by atoms with Crippen molar-refractivity contribution < 1.29 is 14.3 Å². The number of amides is 1. The average molecular weight is 390 g/mol. The number of ether oxygens (including phenoxy) is 1. The molecular weight excluding hydrogens is 370 g/mol. The van der Waals surface area contributed by atoms with Gasteiger partial charge in [-0.05, 0) is 24.1 Å². The van der Waals surface area contributed by atoms with Crippen molar-refractivity contribution in [2.24, 2.45) is 0 Å². The van der Waals surface area contributed by atoms with Gasteiger partial charge in [-0.1, -0.05) is 65.3 Å². The summed E-state index contributed by atoms with van der Waals surface area (Å²) >= 11 is 3.35. The average Bonchev–Trinajstić information content (AvgIpc) is 2.61. The van der Waals surface area contributed by atoms with Gasteiger partial charge in [0.1, 0.15) is 6.61 Å². The molecule has 0 heterocycles. The fourth-order valence-corrected chi connectivity index (χ4v) is 2.65. The Bertz CT molecular complexity index is 686. The van der Waals surface area contributed by atoms with Gasteiger partial charge in [-0.25, -0.2) is 4.79 Å². The number of halogens is 1. The van der Waals surface area contributed by atoms with Crippen molar-refractivity contribution in [1.29, 1.82) is 0 Å². The minimum Gasteiger partial charge on any atom is -0.445 e. The van der Waals surface area contributed by atoms with Crippen LogP contribution in [-0.2, 0) is 11.3 Å². The summed E-state index contributed by atoms with van der Waals surface area (Å²) in [7, 11) is 1.60. The molecule has 0 fully saturated rings. The summed E-state index contributed by atoms with van der Waals surface area (Å²) < 4.78 is 6.21. The van der Waals surface area contributed by atoms with E-state index in [4.69, 9.17) is 4.74 Å². The summed E-state index contributed by atoms with van der Waals surface area (Å²) in [5.74, 6) is -0.0934. The molecule has 0 bridgehead atoms. The van der Waals surface area contributed by atoms with Gasteiger partial charge in [-0.3, -0.25) is 4.79 Å². The predicted octanol–water partition coefficient (Wildman–Crippen LogP) is 4.68. The number of nitrogens with zero attached hydrogens (tertiary/aromatic N) is 1. The first kappa shape index (κ1) is 18.2. The zero-order chi connectivity index (χ0) is 17.5. The zero-order valence-corrected chi connectivity index (χ0v) is 15.3. The monoisotopic (exact) mass is 389 g/mol. The standard InChI is InChI=1S/C19H20BrNO3/c1-3-17(18(22)15-9-11-16(20)12-10-15)21(2)19(23)24-13-14-7-5-4-6-8-14/h4-12,17H,3,13H2,1-2H3. The van der Waals surface area contributed by atoms with Crippen LogP contribution >= 0.6 is 15.9 Å². The molecule has 2 rings (SSSR count). The van der Waals surface area contributed by atoms with Crippen LogP contribution in [0.1, 0.15) is 29.3 Å². The van der Waals surface area contributed by atoms with Crippen molar-refractivity contribution in [2.45, 2.75) is 26.0 Å². The minimum atomic E-state index is -0.547. The van der Waals surface area contributed by atoms with Crippen molar-refractivity contribution in [3.05, 3.63) is 70.2 Å². The molecule has 1 unspecified atom stereocenters. The number of carbonyl (C=O) groups is 2. The molecule has 2 aromatic carbocycles. The highest BCUT2D eigenvalue weighted by Crippen LogP contribution is 2.16. The third kappa shape index (κ3) is 4.68. The van der Waals surface area contributed by atoms with Crippen molar-refractivity contribution in [3.63, 3.8) is 0 Å². The Morgan fingerprint density at radius 1 is 1.08 bits per heavy atom. The molecule has 0 spiro atoms. The fourth-order valence-electron chi connectivity index (χ4n) is 2.39. The van der Waals surface area contributed by atoms with Crippen LogP contribution in [0.3, 0.4) is 0 Å². The first-order chi connectivity index (χ1) is 11.5. The van der Waals surface area contributed by atoms with Crippen molar-refractivity contribution in [2.75, 3.05) is 7.05 Å². The molecule has 0 saturated carbocycles. The normalized spacial score (nSPS) is 11.6. The van der Waals surface area contributed by atoms with E-state index in [1.807, 2.05) is 49.4 Å². The molecular formula is C19H20BrNO3. The predicted molar refractivity (Wildman–Crippen MR) is 96.9 cm³/mol. The van der Waals surface area contributed by atoms with Gasteiger partial charge in [0.05, 0.1) is 6.04 Å². The number of rotatable bonds is 6. The quantitative estimate of drug-likeness (QED) is 0.673. The molecule has 1 atom stereocenters. The number of carbonyl (C=O) groups excluding carboxylic acids is 2. The molecule has 5 heteroatoms. The highest BCUT2D eigenvalue weighted by atomic mass is 79.9. The number of ketones is 1. The van der Waals surface area contributed by atoms with Crippen LogP contribution in [0.5, 0.6) is 0 Å². The lowest BCUT2D eigenvalue weighted by molar-refractivity contribution is 0.0712. The maximum atomic E-state index is 12.6. The molecule has 2 aromatic rings. The Kier molecular flexibility index (Phi) is 6.55. The van der Waals surface area contributed by atoms with Crippen LogP contribution in [0.4, 0.5) is 4.79 Å². The lowest BCUT2D eigenvalue weighted by Gasteiger charge is -2.25. The SMILES string of the molecule is CCC(C(=O)c1ccc(Br)cc1)N(C)C(=O)OCc1ccccc1. The second-order valence-corrected chi connectivity index (χ2v) is 6.36. The van der Waals surface area contributed by atoms with Crippen LogP contribution in [0.25, 0.3) is 0 Å². The van der Waals surface area contributed by atoms with Crippen LogP contribution in [0, 0.1) is 0 Å². The molecule has 24 heavy (non-hydrogen) atoms. The smallest absolute Gasteiger partial charge is 0.410 e. The second kappa shape index (κ2) is 8.64. The van der Waals surface area contributed by atoms with Gasteiger partial charge in [-0.15, -0.1) is 0 Å². The molecule has 0 N–H and O–H groups in total. The summed E-state index contributed by atoms with van der Waals surface area (Å²) in [6.07, 6.45) is 0.0161. The number of hydrogen-bond acceptors (Lipinski definition) is 3. The highest BCUT2D eigenvalue weighted by molar-refractivity contribution is 9.10. The van der Waals surface area contributed by atoms with E-state index in [2.05, 4.69) is 15.9 Å². The first-order valence-electron chi connectivity index (χ1n) is 7.76. The Morgan fingerprint density at radius 2 is 1.71 bits per heavy atom. The van der Waals surface area contributed by atoms with Gasteiger partial charge in [0.2, 0.25) is 0 Å². The molecule has 126 valence electrons. The summed E-state index contributed by atoms with van der Waals surface area (Å²) in [5, 5.41) is 0. The molecule has 0 saturated heterocycles. The lowest BCUT2D eigenvalue weighted by atomic mass is 10.0. The van der Waals surface area contributed by atoms with Gasteiger partial charge in [0, 0.05) is 17.1 Å². The molecule has 4 nitrogen and oxygen atoms in total. The van der Waals surface area contributed by atoms with Gasteiger partial charge in [-0.2, -0.15) is 0 Å². The van der Waals surface area contributed by atoms with E-state index in [-0.39, 0.29) is 12.4 Å². The Hall–Kier alpha value is -2.14. The molecule has 0 aliphatic heterocycles. The highest BCUT2D eigenvalue weighted by Gasteiger charge is 2.27. The summed E-state index contributed by atoms with van der Waals surface area (Å²) in [6.45, 7) is 2.06. The van der Waals surface area contributed by atoms with Crippen LogP contribution < -0.4 is 0 Å². The number of likely N-dealkylation sites (N-methyl/N-ethyl adjacent to an activating group) is 1. The summed E-state index contributed by atoms with van der Waals surface area (Å²) in [5.41, 5.74) is 1.49. The van der Waals surface area contributed by atoms with E-state index in [9.17, 15) is 9.59 Å². The van der Waals surface area contributed by atoms with Crippen molar-refractivity contribution in [1.82, 2.24) is 4.90 Å². The molecule has 0 aliphatic carbocycles. The van der Waals surface area contributed by atoms with Gasteiger partial charge >= 0.3 is 6.09 Å². The fraction of sp³-hybridized carbons (Fsp3) is 0.263. The Balaban J connectivity index is 2.01.